The fourth-order valence-corrected chi connectivity index (χ4v) is 1.92. The molecule has 0 aromatic heterocycles. The van der Waals surface area contributed by atoms with E-state index in [9.17, 15) is 10.1 Å². The van der Waals surface area contributed by atoms with Crippen LogP contribution in [0.25, 0.3) is 0 Å². The van der Waals surface area contributed by atoms with Gasteiger partial charge in [-0.25, -0.2) is 0 Å². The van der Waals surface area contributed by atoms with Crippen molar-refractivity contribution in [2.45, 2.75) is 13.3 Å². The second-order valence-electron chi connectivity index (χ2n) is 3.52. The maximum Gasteiger partial charge on any atom is 0.293 e. The number of nitro groups is 1. The van der Waals surface area contributed by atoms with E-state index in [1.807, 2.05) is 11.8 Å². The lowest BCUT2D eigenvalue weighted by molar-refractivity contribution is -0.384. The van der Waals surface area contributed by atoms with Crippen molar-refractivity contribution in [3.05, 3.63) is 32.8 Å². The van der Waals surface area contributed by atoms with Crippen LogP contribution in [0.2, 0.25) is 0 Å². The van der Waals surface area contributed by atoms with Crippen LogP contribution in [0.15, 0.2) is 22.7 Å². The molecular weight excluding hydrogens is 284 g/mol. The number of anilines is 1. The van der Waals surface area contributed by atoms with Crippen molar-refractivity contribution >= 4 is 27.3 Å². The van der Waals surface area contributed by atoms with Crippen molar-refractivity contribution in [1.82, 2.24) is 0 Å². The third kappa shape index (κ3) is 3.46. The Morgan fingerprint density at radius 1 is 1.59 bits per heavy atom. The fraction of sp³-hybridized carbons (Fsp3) is 0.333. The summed E-state index contributed by atoms with van der Waals surface area (Å²) in [5, 5.41) is 11.0. The number of benzene rings is 1. The first kappa shape index (κ1) is 13.5. The van der Waals surface area contributed by atoms with Crippen LogP contribution in [0.1, 0.15) is 13.3 Å². The van der Waals surface area contributed by atoms with Gasteiger partial charge in [0.05, 0.1) is 11.5 Å². The van der Waals surface area contributed by atoms with Crippen molar-refractivity contribution in [3.63, 3.8) is 0 Å². The summed E-state index contributed by atoms with van der Waals surface area (Å²) in [4.78, 5) is 12.4. The van der Waals surface area contributed by atoms with Gasteiger partial charge < -0.3 is 4.90 Å². The molecule has 0 aliphatic rings. The Balaban J connectivity index is 3.18. The Labute approximate surface area is 109 Å². The number of terminal acetylenes is 1. The molecule has 90 valence electrons. The second-order valence-corrected chi connectivity index (χ2v) is 4.43. The molecule has 1 aromatic rings. The highest BCUT2D eigenvalue weighted by Gasteiger charge is 2.18. The first-order valence-electron chi connectivity index (χ1n) is 5.22. The van der Waals surface area contributed by atoms with Crippen LogP contribution in [0.3, 0.4) is 0 Å². The molecule has 0 aliphatic carbocycles. The standard InChI is InChI=1S/C12H13BrN2O2/c1-3-7-14(8-4-2)11-6-5-10(13)9-12(11)15(16)17/h1,5-6,9H,4,7-8H2,2H3. The zero-order valence-electron chi connectivity index (χ0n) is 9.52. The number of nitrogens with zero attached hydrogens (tertiary/aromatic N) is 2. The predicted octanol–water partition coefficient (Wildman–Crippen LogP) is 3.21. The Hall–Kier alpha value is -1.54. The first-order valence-corrected chi connectivity index (χ1v) is 6.01. The molecule has 0 saturated carbocycles. The summed E-state index contributed by atoms with van der Waals surface area (Å²) < 4.78 is 0.685. The summed E-state index contributed by atoms with van der Waals surface area (Å²) in [5.74, 6) is 2.52. The van der Waals surface area contributed by atoms with Gasteiger partial charge in [-0.3, -0.25) is 10.1 Å². The van der Waals surface area contributed by atoms with Gasteiger partial charge in [-0.15, -0.1) is 6.42 Å². The molecule has 0 unspecified atom stereocenters. The van der Waals surface area contributed by atoms with Crippen LogP contribution in [-0.2, 0) is 0 Å². The van der Waals surface area contributed by atoms with E-state index in [0.29, 0.717) is 23.2 Å². The summed E-state index contributed by atoms with van der Waals surface area (Å²) in [6.45, 7) is 3.08. The van der Waals surface area contributed by atoms with Gasteiger partial charge in [0.15, 0.2) is 0 Å². The molecule has 0 spiro atoms. The quantitative estimate of drug-likeness (QED) is 0.476. The summed E-state index contributed by atoms with van der Waals surface area (Å²) in [5.41, 5.74) is 0.640. The predicted molar refractivity (Wildman–Crippen MR) is 72.1 cm³/mol. The fourth-order valence-electron chi connectivity index (χ4n) is 1.58. The normalized spacial score (nSPS) is 9.71. The van der Waals surface area contributed by atoms with Gasteiger partial charge in [0.1, 0.15) is 5.69 Å². The minimum atomic E-state index is -0.390. The molecule has 1 rings (SSSR count). The lowest BCUT2D eigenvalue weighted by atomic mass is 10.2. The van der Waals surface area contributed by atoms with E-state index in [-0.39, 0.29) is 10.6 Å². The van der Waals surface area contributed by atoms with Crippen LogP contribution < -0.4 is 4.90 Å². The van der Waals surface area contributed by atoms with Crippen LogP contribution in [0, 0.1) is 22.5 Å². The molecule has 0 atom stereocenters. The zero-order valence-corrected chi connectivity index (χ0v) is 11.1. The average Bonchev–Trinajstić information content (AvgIpc) is 2.28. The van der Waals surface area contributed by atoms with Crippen molar-refractivity contribution in [3.8, 4) is 12.3 Å². The Morgan fingerprint density at radius 3 is 2.82 bits per heavy atom. The number of rotatable bonds is 5. The second kappa shape index (κ2) is 6.26. The molecule has 0 bridgehead atoms. The van der Waals surface area contributed by atoms with Crippen LogP contribution >= 0.6 is 15.9 Å². The van der Waals surface area contributed by atoms with Gasteiger partial charge in [0, 0.05) is 17.1 Å². The maximum atomic E-state index is 11.0. The zero-order chi connectivity index (χ0) is 12.8. The number of hydrogen-bond donors (Lipinski definition) is 0. The molecule has 0 amide bonds. The summed E-state index contributed by atoms with van der Waals surface area (Å²) in [6.07, 6.45) is 6.17. The highest BCUT2D eigenvalue weighted by molar-refractivity contribution is 9.10. The molecular formula is C12H13BrN2O2. The molecule has 0 aliphatic heterocycles. The van der Waals surface area contributed by atoms with Crippen LogP contribution in [0.5, 0.6) is 0 Å². The van der Waals surface area contributed by atoms with Crippen molar-refractivity contribution in [2.24, 2.45) is 0 Å². The molecule has 0 N–H and O–H groups in total. The van der Waals surface area contributed by atoms with E-state index in [1.54, 1.807) is 12.1 Å². The topological polar surface area (TPSA) is 46.4 Å². The smallest absolute Gasteiger partial charge is 0.293 e. The first-order chi connectivity index (χ1) is 8.10. The minimum absolute atomic E-state index is 0.0723. The van der Waals surface area contributed by atoms with Crippen molar-refractivity contribution in [1.29, 1.82) is 0 Å². The van der Waals surface area contributed by atoms with Gasteiger partial charge in [-0.1, -0.05) is 28.8 Å². The average molecular weight is 297 g/mol. The number of nitro benzene ring substituents is 1. The van der Waals surface area contributed by atoms with Crippen molar-refractivity contribution < 1.29 is 4.92 Å². The van der Waals surface area contributed by atoms with E-state index in [0.717, 1.165) is 6.42 Å². The van der Waals surface area contributed by atoms with Gasteiger partial charge in [0.25, 0.3) is 5.69 Å². The molecule has 4 nitrogen and oxygen atoms in total. The molecule has 0 radical (unpaired) electrons. The lowest BCUT2D eigenvalue weighted by Gasteiger charge is -2.21. The maximum absolute atomic E-state index is 11.0. The molecule has 1 aromatic carbocycles. The van der Waals surface area contributed by atoms with Gasteiger partial charge in [-0.2, -0.15) is 0 Å². The molecule has 5 heteroatoms. The Morgan fingerprint density at radius 2 is 2.29 bits per heavy atom. The van der Waals surface area contributed by atoms with E-state index < -0.39 is 0 Å². The summed E-state index contributed by atoms with van der Waals surface area (Å²) >= 11 is 3.23. The number of halogens is 1. The van der Waals surface area contributed by atoms with E-state index in [2.05, 4.69) is 21.9 Å². The van der Waals surface area contributed by atoms with E-state index in [1.165, 1.54) is 6.07 Å². The van der Waals surface area contributed by atoms with Crippen LogP contribution in [0.4, 0.5) is 11.4 Å². The largest absolute Gasteiger partial charge is 0.355 e. The Bertz CT molecular complexity index is 454. The summed E-state index contributed by atoms with van der Waals surface area (Å²) in [6, 6.07) is 4.99. The highest BCUT2D eigenvalue weighted by atomic mass is 79.9. The van der Waals surface area contributed by atoms with Gasteiger partial charge >= 0.3 is 0 Å². The third-order valence-corrected chi connectivity index (χ3v) is 2.74. The lowest BCUT2D eigenvalue weighted by Crippen LogP contribution is -2.25. The van der Waals surface area contributed by atoms with Crippen LogP contribution in [-0.4, -0.2) is 18.0 Å². The number of hydrogen-bond acceptors (Lipinski definition) is 3. The molecule has 0 fully saturated rings. The molecule has 0 heterocycles. The molecule has 17 heavy (non-hydrogen) atoms. The van der Waals surface area contributed by atoms with Gasteiger partial charge in [0.2, 0.25) is 0 Å². The summed E-state index contributed by atoms with van der Waals surface area (Å²) in [7, 11) is 0. The SMILES string of the molecule is C#CCN(CCC)c1ccc(Br)cc1[N+](=O)[O-]. The van der Waals surface area contributed by atoms with E-state index in [4.69, 9.17) is 6.42 Å². The molecule has 0 saturated heterocycles. The Kier molecular flexibility index (Phi) is 4.98. The van der Waals surface area contributed by atoms with Crippen molar-refractivity contribution in [2.75, 3.05) is 18.0 Å². The highest BCUT2D eigenvalue weighted by Crippen LogP contribution is 2.31. The third-order valence-electron chi connectivity index (χ3n) is 2.25. The monoisotopic (exact) mass is 296 g/mol. The van der Waals surface area contributed by atoms with E-state index >= 15 is 0 Å². The van der Waals surface area contributed by atoms with Gasteiger partial charge in [-0.05, 0) is 18.6 Å². The minimum Gasteiger partial charge on any atom is -0.355 e.